The maximum atomic E-state index is 12.3. The summed E-state index contributed by atoms with van der Waals surface area (Å²) in [6, 6.07) is 12.5. The number of nitrogens with one attached hydrogen (secondary N) is 1. The number of benzene rings is 1. The van der Waals surface area contributed by atoms with Crippen molar-refractivity contribution in [2.45, 2.75) is 33.1 Å². The van der Waals surface area contributed by atoms with Gasteiger partial charge in [-0.05, 0) is 32.4 Å². The summed E-state index contributed by atoms with van der Waals surface area (Å²) >= 11 is 3.49. The van der Waals surface area contributed by atoms with Gasteiger partial charge in [0, 0.05) is 40.4 Å². The van der Waals surface area contributed by atoms with E-state index in [4.69, 9.17) is 0 Å². The van der Waals surface area contributed by atoms with E-state index in [-0.39, 0.29) is 5.91 Å². The fourth-order valence-corrected chi connectivity index (χ4v) is 4.45. The van der Waals surface area contributed by atoms with E-state index in [1.807, 2.05) is 31.7 Å². The molecular weight excluding hydrogens is 374 g/mol. The quantitative estimate of drug-likeness (QED) is 0.564. The molecule has 0 aliphatic rings. The van der Waals surface area contributed by atoms with Crippen LogP contribution in [-0.4, -0.2) is 27.8 Å². The maximum absolute atomic E-state index is 12.3. The van der Waals surface area contributed by atoms with E-state index in [0.717, 1.165) is 39.2 Å². The van der Waals surface area contributed by atoms with E-state index in [9.17, 15) is 4.79 Å². The number of rotatable bonds is 8. The van der Waals surface area contributed by atoms with Crippen molar-refractivity contribution in [3.8, 4) is 11.3 Å². The summed E-state index contributed by atoms with van der Waals surface area (Å²) < 4.78 is 2.07. The number of amides is 1. The topological polar surface area (TPSA) is 46.9 Å². The Morgan fingerprint density at radius 2 is 2.00 bits per heavy atom. The van der Waals surface area contributed by atoms with Gasteiger partial charge in [0.25, 0.3) is 0 Å². The average Bonchev–Trinajstić information content (AvgIpc) is 3.20. The first-order valence-electron chi connectivity index (χ1n) is 9.02. The molecule has 0 bridgehead atoms. The standard InChI is InChI=1S/C21H25N3OS2/c1-15-11-19(20-14-27-17(3)23-20)16(2)24(15)12-21(25)22-9-10-26-13-18-7-5-4-6-8-18/h4-8,11,14H,9-10,12-13H2,1-3H3,(H,22,25). The van der Waals surface area contributed by atoms with Crippen molar-refractivity contribution in [3.05, 3.63) is 63.7 Å². The molecule has 0 radical (unpaired) electrons. The fraction of sp³-hybridized carbons (Fsp3) is 0.333. The van der Waals surface area contributed by atoms with Gasteiger partial charge < -0.3 is 9.88 Å². The second-order valence-corrected chi connectivity index (χ2v) is 8.68. The third-order valence-electron chi connectivity index (χ3n) is 4.45. The van der Waals surface area contributed by atoms with Crippen molar-refractivity contribution in [1.29, 1.82) is 0 Å². The van der Waals surface area contributed by atoms with Gasteiger partial charge >= 0.3 is 0 Å². The normalized spacial score (nSPS) is 10.9. The number of nitrogens with zero attached hydrogens (tertiary/aromatic N) is 2. The van der Waals surface area contributed by atoms with E-state index in [1.165, 1.54) is 5.56 Å². The predicted molar refractivity (Wildman–Crippen MR) is 115 cm³/mol. The zero-order valence-electron chi connectivity index (χ0n) is 16.0. The van der Waals surface area contributed by atoms with E-state index < -0.39 is 0 Å². The van der Waals surface area contributed by atoms with Gasteiger partial charge in [0.2, 0.25) is 5.91 Å². The molecule has 0 saturated carbocycles. The molecule has 3 rings (SSSR count). The zero-order chi connectivity index (χ0) is 19.2. The van der Waals surface area contributed by atoms with Crippen molar-refractivity contribution in [1.82, 2.24) is 14.9 Å². The number of hydrogen-bond donors (Lipinski definition) is 1. The number of thiazole rings is 1. The molecule has 2 aromatic heterocycles. The summed E-state index contributed by atoms with van der Waals surface area (Å²) in [5.41, 5.74) is 5.60. The first-order valence-corrected chi connectivity index (χ1v) is 11.1. The Balaban J connectivity index is 1.48. The Kier molecular flexibility index (Phi) is 6.74. The molecule has 0 spiro atoms. The molecule has 1 N–H and O–H groups in total. The number of carbonyl (C=O) groups is 1. The molecule has 27 heavy (non-hydrogen) atoms. The van der Waals surface area contributed by atoms with Gasteiger partial charge in [-0.2, -0.15) is 11.8 Å². The van der Waals surface area contributed by atoms with Gasteiger partial charge in [0.05, 0.1) is 10.7 Å². The van der Waals surface area contributed by atoms with Crippen LogP contribution in [0.15, 0.2) is 41.8 Å². The molecule has 142 valence electrons. The molecule has 1 amide bonds. The third kappa shape index (κ3) is 5.23. The predicted octanol–water partition coefficient (Wildman–Crippen LogP) is 4.59. The van der Waals surface area contributed by atoms with E-state index in [2.05, 4.69) is 57.5 Å². The molecule has 2 heterocycles. The van der Waals surface area contributed by atoms with Gasteiger partial charge in [0.1, 0.15) is 6.54 Å². The van der Waals surface area contributed by atoms with Crippen LogP contribution < -0.4 is 5.32 Å². The smallest absolute Gasteiger partial charge is 0.239 e. The number of aromatic nitrogens is 2. The molecule has 1 aromatic carbocycles. The van der Waals surface area contributed by atoms with Gasteiger partial charge in [0.15, 0.2) is 0 Å². The highest BCUT2D eigenvalue weighted by atomic mass is 32.2. The van der Waals surface area contributed by atoms with Crippen molar-refractivity contribution < 1.29 is 4.79 Å². The second kappa shape index (κ2) is 9.24. The lowest BCUT2D eigenvalue weighted by Crippen LogP contribution is -2.30. The first-order chi connectivity index (χ1) is 13.0. The van der Waals surface area contributed by atoms with Crippen molar-refractivity contribution in [2.24, 2.45) is 0 Å². The molecule has 0 fully saturated rings. The van der Waals surface area contributed by atoms with Crippen LogP contribution in [0.5, 0.6) is 0 Å². The van der Waals surface area contributed by atoms with Gasteiger partial charge in [-0.1, -0.05) is 30.3 Å². The first kappa shape index (κ1) is 19.7. The molecule has 0 atom stereocenters. The Labute approximate surface area is 169 Å². The van der Waals surface area contributed by atoms with E-state index in [1.54, 1.807) is 11.3 Å². The van der Waals surface area contributed by atoms with Crippen LogP contribution in [-0.2, 0) is 17.1 Å². The van der Waals surface area contributed by atoms with E-state index >= 15 is 0 Å². The number of carbonyl (C=O) groups excluding carboxylic acids is 1. The molecule has 6 heteroatoms. The fourth-order valence-electron chi connectivity index (χ4n) is 3.02. The monoisotopic (exact) mass is 399 g/mol. The molecule has 0 unspecified atom stereocenters. The van der Waals surface area contributed by atoms with Crippen molar-refractivity contribution in [3.63, 3.8) is 0 Å². The Morgan fingerprint density at radius 3 is 2.70 bits per heavy atom. The van der Waals surface area contributed by atoms with E-state index in [0.29, 0.717) is 13.1 Å². The number of aryl methyl sites for hydroxylation is 2. The van der Waals surface area contributed by atoms with Gasteiger partial charge in [-0.3, -0.25) is 4.79 Å². The molecular formula is C21H25N3OS2. The largest absolute Gasteiger partial charge is 0.354 e. The summed E-state index contributed by atoms with van der Waals surface area (Å²) in [4.78, 5) is 16.9. The lowest BCUT2D eigenvalue weighted by molar-refractivity contribution is -0.121. The molecule has 0 saturated heterocycles. The van der Waals surface area contributed by atoms with Crippen LogP contribution in [0.4, 0.5) is 0 Å². The summed E-state index contributed by atoms with van der Waals surface area (Å²) in [5.74, 6) is 1.94. The summed E-state index contributed by atoms with van der Waals surface area (Å²) in [7, 11) is 0. The van der Waals surface area contributed by atoms with Crippen LogP contribution in [0.25, 0.3) is 11.3 Å². The van der Waals surface area contributed by atoms with Gasteiger partial charge in [-0.15, -0.1) is 11.3 Å². The Bertz CT molecular complexity index is 900. The highest BCUT2D eigenvalue weighted by Crippen LogP contribution is 2.27. The minimum Gasteiger partial charge on any atom is -0.354 e. The highest BCUT2D eigenvalue weighted by Gasteiger charge is 2.15. The second-order valence-electron chi connectivity index (χ2n) is 6.51. The SMILES string of the molecule is Cc1nc(-c2cc(C)n(CC(=O)NCCSCc3ccccc3)c2C)cs1. The van der Waals surface area contributed by atoms with Crippen LogP contribution in [0.2, 0.25) is 0 Å². The Hall–Kier alpha value is -2.05. The zero-order valence-corrected chi connectivity index (χ0v) is 17.6. The molecule has 0 aliphatic carbocycles. The molecule has 0 aliphatic heterocycles. The van der Waals surface area contributed by atoms with Crippen LogP contribution >= 0.6 is 23.1 Å². The molecule has 4 nitrogen and oxygen atoms in total. The van der Waals surface area contributed by atoms with Crippen LogP contribution in [0, 0.1) is 20.8 Å². The van der Waals surface area contributed by atoms with Crippen molar-refractivity contribution in [2.75, 3.05) is 12.3 Å². The number of thioether (sulfide) groups is 1. The summed E-state index contributed by atoms with van der Waals surface area (Å²) in [6.07, 6.45) is 0. The molecule has 3 aromatic rings. The van der Waals surface area contributed by atoms with Crippen LogP contribution in [0.1, 0.15) is 22.0 Å². The summed E-state index contributed by atoms with van der Waals surface area (Å²) in [5, 5.41) is 6.16. The maximum Gasteiger partial charge on any atom is 0.239 e. The highest BCUT2D eigenvalue weighted by molar-refractivity contribution is 7.98. The lowest BCUT2D eigenvalue weighted by Gasteiger charge is -2.10. The lowest BCUT2D eigenvalue weighted by atomic mass is 10.2. The average molecular weight is 400 g/mol. The Morgan fingerprint density at radius 1 is 1.22 bits per heavy atom. The number of hydrogen-bond acceptors (Lipinski definition) is 4. The minimum absolute atomic E-state index is 0.0538. The van der Waals surface area contributed by atoms with Crippen LogP contribution in [0.3, 0.4) is 0 Å². The summed E-state index contributed by atoms with van der Waals surface area (Å²) in [6.45, 7) is 7.15. The third-order valence-corrected chi connectivity index (χ3v) is 6.25. The minimum atomic E-state index is 0.0538. The van der Waals surface area contributed by atoms with Crippen molar-refractivity contribution >= 4 is 29.0 Å². The van der Waals surface area contributed by atoms with Gasteiger partial charge in [-0.25, -0.2) is 4.98 Å².